The first kappa shape index (κ1) is 12.1. The smallest absolute Gasteiger partial charge is 0.0481 e. The van der Waals surface area contributed by atoms with E-state index in [9.17, 15) is 0 Å². The molecule has 0 amide bonds. The molecule has 19 heavy (non-hydrogen) atoms. The summed E-state index contributed by atoms with van der Waals surface area (Å²) in [5.41, 5.74) is 3.59. The predicted octanol–water partition coefficient (Wildman–Crippen LogP) is 4.44. The molecule has 1 N–H and O–H groups in total. The lowest BCUT2D eigenvalue weighted by Crippen LogP contribution is -1.98. The number of nitrogens with one attached hydrogen (secondary N) is 1. The topological polar surface area (TPSA) is 17.0 Å². The third-order valence-corrected chi connectivity index (χ3v) is 3.52. The second-order valence-corrected chi connectivity index (χ2v) is 5.08. The molecule has 0 spiro atoms. The molecule has 2 nitrogen and oxygen atoms in total. The summed E-state index contributed by atoms with van der Waals surface area (Å²) in [4.78, 5) is 0. The van der Waals surface area contributed by atoms with E-state index in [0.717, 1.165) is 17.3 Å². The fourth-order valence-corrected chi connectivity index (χ4v) is 2.55. The summed E-state index contributed by atoms with van der Waals surface area (Å²) in [7, 11) is 2.07. The molecular formula is C16H15ClN2. The summed E-state index contributed by atoms with van der Waals surface area (Å²) in [5, 5.41) is 5.45. The van der Waals surface area contributed by atoms with Crippen LogP contribution in [0.3, 0.4) is 0 Å². The van der Waals surface area contributed by atoms with Crippen LogP contribution in [-0.4, -0.2) is 4.57 Å². The molecular weight excluding hydrogens is 256 g/mol. The molecule has 0 saturated heterocycles. The lowest BCUT2D eigenvalue weighted by atomic mass is 10.2. The first-order chi connectivity index (χ1) is 9.24. The van der Waals surface area contributed by atoms with Gasteiger partial charge in [0.1, 0.15) is 0 Å². The van der Waals surface area contributed by atoms with E-state index in [2.05, 4.69) is 47.4 Å². The number of aryl methyl sites for hydroxylation is 1. The molecule has 0 saturated carbocycles. The molecule has 0 fully saturated rings. The van der Waals surface area contributed by atoms with Crippen molar-refractivity contribution in [3.05, 3.63) is 65.3 Å². The van der Waals surface area contributed by atoms with E-state index >= 15 is 0 Å². The normalized spacial score (nSPS) is 10.8. The highest BCUT2D eigenvalue weighted by Gasteiger charge is 2.05. The maximum atomic E-state index is 5.98. The Labute approximate surface area is 117 Å². The Morgan fingerprint density at radius 3 is 2.79 bits per heavy atom. The van der Waals surface area contributed by atoms with Crippen molar-refractivity contribution in [2.75, 3.05) is 5.32 Å². The number of fused-ring (bicyclic) bond motifs is 1. The number of para-hydroxylation sites is 1. The fourth-order valence-electron chi connectivity index (χ4n) is 2.36. The molecule has 96 valence electrons. The van der Waals surface area contributed by atoms with Gasteiger partial charge in [0, 0.05) is 41.4 Å². The molecule has 2 aromatic carbocycles. The maximum Gasteiger partial charge on any atom is 0.0481 e. The van der Waals surface area contributed by atoms with Gasteiger partial charge in [0.15, 0.2) is 0 Å². The number of aromatic nitrogens is 1. The summed E-state index contributed by atoms with van der Waals surface area (Å²) < 4.78 is 2.16. The number of anilines is 1. The van der Waals surface area contributed by atoms with Crippen molar-refractivity contribution >= 4 is 28.2 Å². The standard InChI is InChI=1S/C16H15ClN2/c1-19-11-12(15-7-2-3-8-16(15)19)10-18-14-6-4-5-13(17)9-14/h2-9,11,18H,10H2,1H3. The minimum Gasteiger partial charge on any atom is -0.381 e. The molecule has 0 aliphatic carbocycles. The monoisotopic (exact) mass is 270 g/mol. The van der Waals surface area contributed by atoms with Crippen molar-refractivity contribution in [1.29, 1.82) is 0 Å². The zero-order chi connectivity index (χ0) is 13.2. The van der Waals surface area contributed by atoms with Gasteiger partial charge in [-0.25, -0.2) is 0 Å². The van der Waals surface area contributed by atoms with Crippen LogP contribution in [-0.2, 0) is 13.6 Å². The summed E-state index contributed by atoms with van der Waals surface area (Å²) in [6.45, 7) is 0.793. The van der Waals surface area contributed by atoms with Crippen molar-refractivity contribution in [2.45, 2.75) is 6.54 Å². The van der Waals surface area contributed by atoms with Crippen LogP contribution >= 0.6 is 11.6 Å². The molecule has 0 aliphatic rings. The average Bonchev–Trinajstić information content (AvgIpc) is 2.74. The van der Waals surface area contributed by atoms with Crippen LogP contribution in [0.5, 0.6) is 0 Å². The van der Waals surface area contributed by atoms with E-state index in [-0.39, 0.29) is 0 Å². The first-order valence-corrected chi connectivity index (χ1v) is 6.64. The molecule has 1 aromatic heterocycles. The highest BCUT2D eigenvalue weighted by Crippen LogP contribution is 2.22. The Morgan fingerprint density at radius 1 is 1.11 bits per heavy atom. The molecule has 3 rings (SSSR count). The summed E-state index contributed by atoms with van der Waals surface area (Å²) in [6, 6.07) is 16.2. The number of nitrogens with zero attached hydrogens (tertiary/aromatic N) is 1. The fraction of sp³-hybridized carbons (Fsp3) is 0.125. The lowest BCUT2D eigenvalue weighted by molar-refractivity contribution is 0.956. The molecule has 0 unspecified atom stereocenters. The molecule has 0 bridgehead atoms. The summed E-state index contributed by atoms with van der Waals surface area (Å²) in [5.74, 6) is 0. The highest BCUT2D eigenvalue weighted by atomic mass is 35.5. The summed E-state index contributed by atoms with van der Waals surface area (Å²) in [6.07, 6.45) is 2.17. The van der Waals surface area contributed by atoms with Gasteiger partial charge < -0.3 is 9.88 Å². The van der Waals surface area contributed by atoms with E-state index in [1.165, 1.54) is 16.5 Å². The molecule has 0 atom stereocenters. The zero-order valence-electron chi connectivity index (χ0n) is 10.7. The number of hydrogen-bond acceptors (Lipinski definition) is 1. The van der Waals surface area contributed by atoms with E-state index in [1.54, 1.807) is 0 Å². The molecule has 0 radical (unpaired) electrons. The molecule has 3 aromatic rings. The van der Waals surface area contributed by atoms with Crippen molar-refractivity contribution in [3.63, 3.8) is 0 Å². The van der Waals surface area contributed by atoms with Crippen LogP contribution < -0.4 is 5.32 Å². The van der Waals surface area contributed by atoms with E-state index in [4.69, 9.17) is 11.6 Å². The third-order valence-electron chi connectivity index (χ3n) is 3.29. The molecule has 3 heteroatoms. The van der Waals surface area contributed by atoms with Crippen LogP contribution in [0.2, 0.25) is 5.02 Å². The van der Waals surface area contributed by atoms with E-state index in [0.29, 0.717) is 0 Å². The van der Waals surface area contributed by atoms with Gasteiger partial charge in [0.05, 0.1) is 0 Å². The van der Waals surface area contributed by atoms with Crippen molar-refractivity contribution < 1.29 is 0 Å². The van der Waals surface area contributed by atoms with Gasteiger partial charge in [0.25, 0.3) is 0 Å². The highest BCUT2D eigenvalue weighted by molar-refractivity contribution is 6.30. The van der Waals surface area contributed by atoms with Gasteiger partial charge in [-0.05, 0) is 29.8 Å². The summed E-state index contributed by atoms with van der Waals surface area (Å²) >= 11 is 5.98. The predicted molar refractivity (Wildman–Crippen MR) is 81.7 cm³/mol. The number of rotatable bonds is 3. The second-order valence-electron chi connectivity index (χ2n) is 4.65. The Kier molecular flexibility index (Phi) is 3.18. The minimum atomic E-state index is 0.753. The quantitative estimate of drug-likeness (QED) is 0.744. The minimum absolute atomic E-state index is 0.753. The number of hydrogen-bond donors (Lipinski definition) is 1. The van der Waals surface area contributed by atoms with Crippen LogP contribution in [0, 0.1) is 0 Å². The Morgan fingerprint density at radius 2 is 1.95 bits per heavy atom. The van der Waals surface area contributed by atoms with Gasteiger partial charge >= 0.3 is 0 Å². The van der Waals surface area contributed by atoms with Crippen LogP contribution in [0.1, 0.15) is 5.56 Å². The van der Waals surface area contributed by atoms with Gasteiger partial charge in [0.2, 0.25) is 0 Å². The Bertz CT molecular complexity index is 716. The zero-order valence-corrected chi connectivity index (χ0v) is 11.5. The Balaban J connectivity index is 1.86. The van der Waals surface area contributed by atoms with Gasteiger partial charge in [-0.1, -0.05) is 35.9 Å². The number of halogens is 1. The van der Waals surface area contributed by atoms with Gasteiger partial charge in [-0.2, -0.15) is 0 Å². The maximum absolute atomic E-state index is 5.98. The third kappa shape index (κ3) is 2.45. The van der Waals surface area contributed by atoms with Crippen molar-refractivity contribution in [2.24, 2.45) is 7.05 Å². The second kappa shape index (κ2) is 4.98. The van der Waals surface area contributed by atoms with Crippen LogP contribution in [0.4, 0.5) is 5.69 Å². The van der Waals surface area contributed by atoms with E-state index in [1.807, 2.05) is 24.3 Å². The van der Waals surface area contributed by atoms with Crippen LogP contribution in [0.15, 0.2) is 54.7 Å². The van der Waals surface area contributed by atoms with Crippen LogP contribution in [0.25, 0.3) is 10.9 Å². The Hall–Kier alpha value is -1.93. The van der Waals surface area contributed by atoms with E-state index < -0.39 is 0 Å². The van der Waals surface area contributed by atoms with Gasteiger partial charge in [-0.3, -0.25) is 0 Å². The lowest BCUT2D eigenvalue weighted by Gasteiger charge is -2.05. The van der Waals surface area contributed by atoms with Gasteiger partial charge in [-0.15, -0.1) is 0 Å². The first-order valence-electron chi connectivity index (χ1n) is 6.26. The van der Waals surface area contributed by atoms with Crippen molar-refractivity contribution in [3.8, 4) is 0 Å². The average molecular weight is 271 g/mol. The largest absolute Gasteiger partial charge is 0.381 e. The number of benzene rings is 2. The van der Waals surface area contributed by atoms with Crippen molar-refractivity contribution in [1.82, 2.24) is 4.57 Å². The molecule has 0 aliphatic heterocycles. The molecule has 1 heterocycles. The SMILES string of the molecule is Cn1cc(CNc2cccc(Cl)c2)c2ccccc21.